The average Bonchev–Trinajstić information content (AvgIpc) is 3.21. The molecule has 0 saturated carbocycles. The highest BCUT2D eigenvalue weighted by molar-refractivity contribution is 6.29. The Morgan fingerprint density at radius 1 is 0.562 bits per heavy atom. The molecule has 0 spiro atoms. The molecule has 0 bridgehead atoms. The van der Waals surface area contributed by atoms with E-state index in [-0.39, 0.29) is 17.5 Å². The molecule has 0 saturated heterocycles. The predicted octanol–water partition coefficient (Wildman–Crippen LogP) is 9.80. The van der Waals surface area contributed by atoms with Gasteiger partial charge in [-0.2, -0.15) is 0 Å². The number of alkyl carbamates (subject to hydrolysis) is 2. The Hall–Kier alpha value is -4.06. The van der Waals surface area contributed by atoms with E-state index in [0.717, 1.165) is 113 Å². The summed E-state index contributed by atoms with van der Waals surface area (Å²) >= 11 is 22.7. The number of rotatable bonds is 18. The highest BCUT2D eigenvalue weighted by atomic mass is 35.5. The molecule has 0 aromatic carbocycles. The van der Waals surface area contributed by atoms with Gasteiger partial charge in [-0.1, -0.05) is 37.0 Å². The third-order valence-electron chi connectivity index (χ3n) is 7.48. The van der Waals surface area contributed by atoms with Crippen LogP contribution < -0.4 is 22.1 Å². The van der Waals surface area contributed by atoms with Crippen LogP contribution in [0.4, 0.5) is 9.59 Å². The lowest BCUT2D eigenvalue weighted by Gasteiger charge is -2.19. The highest BCUT2D eigenvalue weighted by Gasteiger charge is 2.16. The maximum absolute atomic E-state index is 11.4. The van der Waals surface area contributed by atoms with Crippen LogP contribution in [0.1, 0.15) is 131 Å². The largest absolute Gasteiger partial charge is 0.444 e. The summed E-state index contributed by atoms with van der Waals surface area (Å²) in [5.74, 6) is 1.53. The fourth-order valence-electron chi connectivity index (χ4n) is 4.73. The van der Waals surface area contributed by atoms with Gasteiger partial charge in [-0.3, -0.25) is 0 Å². The maximum Gasteiger partial charge on any atom is 0.407 e. The van der Waals surface area contributed by atoms with Crippen molar-refractivity contribution in [3.8, 4) is 0 Å². The summed E-state index contributed by atoms with van der Waals surface area (Å²) < 4.78 is 16.5. The predicted molar refractivity (Wildman–Crippen MR) is 258 cm³/mol. The molecule has 0 unspecified atom stereocenters. The number of unbranched alkanes of at least 4 members (excludes halogenated alkanes) is 4. The van der Waals surface area contributed by atoms with Gasteiger partial charge in [0.25, 0.3) is 0 Å². The lowest BCUT2D eigenvalue weighted by molar-refractivity contribution is 0.0515. The molecule has 0 aliphatic heterocycles. The van der Waals surface area contributed by atoms with Crippen molar-refractivity contribution in [1.29, 1.82) is 0 Å². The van der Waals surface area contributed by atoms with Crippen LogP contribution in [-0.4, -0.2) is 89.4 Å². The van der Waals surface area contributed by atoms with Crippen molar-refractivity contribution in [2.45, 2.75) is 144 Å². The number of aromatic nitrogens is 8. The molecule has 0 aliphatic carbocycles. The number of aryl methyl sites for hydroxylation is 4. The molecule has 16 nitrogen and oxygen atoms in total. The van der Waals surface area contributed by atoms with Crippen molar-refractivity contribution in [3.05, 3.63) is 93.0 Å². The van der Waals surface area contributed by atoms with Crippen LogP contribution >= 0.6 is 46.4 Å². The molecule has 6 N–H and O–H groups in total. The summed E-state index contributed by atoms with van der Waals surface area (Å²) in [6.07, 6.45) is 16.9. The van der Waals surface area contributed by atoms with E-state index >= 15 is 0 Å². The normalized spacial score (nSPS) is 10.7. The molecule has 0 fully saturated rings. The number of nitrogens with zero attached hydrogens (tertiary/aromatic N) is 8. The first-order valence-electron chi connectivity index (χ1n) is 22.0. The van der Waals surface area contributed by atoms with E-state index < -0.39 is 11.2 Å². The van der Waals surface area contributed by atoms with Gasteiger partial charge in [-0.15, -0.1) is 0 Å². The summed E-state index contributed by atoms with van der Waals surface area (Å²) in [7, 11) is 0. The molecule has 0 aliphatic rings. The van der Waals surface area contributed by atoms with Gasteiger partial charge in [-0.05, 0) is 166 Å². The van der Waals surface area contributed by atoms with Gasteiger partial charge in [-0.25, -0.2) is 49.5 Å². The molecule has 4 rings (SSSR count). The smallest absolute Gasteiger partial charge is 0.407 e. The van der Waals surface area contributed by atoms with Gasteiger partial charge >= 0.3 is 12.2 Å². The fraction of sp³-hybridized carbons (Fsp3) is 0.591. The van der Waals surface area contributed by atoms with Crippen LogP contribution in [0.15, 0.2) is 49.1 Å². The monoisotopic (exact) mass is 971 g/mol. The van der Waals surface area contributed by atoms with E-state index in [1.165, 1.54) is 0 Å². The Morgan fingerprint density at radius 2 is 0.906 bits per heavy atom. The Bertz CT molecular complexity index is 1730. The average molecular weight is 974 g/mol. The zero-order chi connectivity index (χ0) is 48.9. The van der Waals surface area contributed by atoms with Gasteiger partial charge in [0, 0.05) is 63.5 Å². The van der Waals surface area contributed by atoms with Crippen LogP contribution in [-0.2, 0) is 35.2 Å². The lowest BCUT2D eigenvalue weighted by atomic mass is 10.2. The van der Waals surface area contributed by atoms with Crippen molar-refractivity contribution in [2.24, 2.45) is 11.5 Å². The second-order valence-electron chi connectivity index (χ2n) is 15.5. The Morgan fingerprint density at radius 3 is 1.25 bits per heavy atom. The van der Waals surface area contributed by atoms with E-state index in [0.29, 0.717) is 35.6 Å². The van der Waals surface area contributed by atoms with Gasteiger partial charge in [0.15, 0.2) is 0 Å². The fourth-order valence-corrected chi connectivity index (χ4v) is 5.37. The van der Waals surface area contributed by atoms with Crippen LogP contribution in [0.3, 0.4) is 0 Å². The van der Waals surface area contributed by atoms with E-state index in [2.05, 4.69) is 50.5 Å². The van der Waals surface area contributed by atoms with Crippen molar-refractivity contribution >= 4 is 58.6 Å². The minimum absolute atomic E-state index is 0.268. The van der Waals surface area contributed by atoms with Gasteiger partial charge in [0.1, 0.15) is 33.2 Å². The van der Waals surface area contributed by atoms with Crippen LogP contribution in [0.25, 0.3) is 0 Å². The first-order valence-corrected chi connectivity index (χ1v) is 22.8. The molecule has 20 heteroatoms. The van der Waals surface area contributed by atoms with E-state index in [1.807, 2.05) is 53.7 Å². The minimum atomic E-state index is -0.460. The van der Waals surface area contributed by atoms with Crippen molar-refractivity contribution in [2.75, 3.05) is 26.2 Å². The minimum Gasteiger partial charge on any atom is -0.444 e. The Kier molecular flexibility index (Phi) is 32.8. The summed E-state index contributed by atoms with van der Waals surface area (Å²) in [6.45, 7) is 15.9. The summed E-state index contributed by atoms with van der Waals surface area (Å²) in [6, 6.07) is 7.04. The van der Waals surface area contributed by atoms with Crippen LogP contribution in [0.5, 0.6) is 0 Å². The second-order valence-corrected chi connectivity index (χ2v) is 16.9. The van der Waals surface area contributed by atoms with Crippen LogP contribution in [0.2, 0.25) is 20.9 Å². The molecular formula is C44H70Cl4N12O4. The number of hydrogen-bond acceptors (Lipinski definition) is 14. The standard InChI is InChI=1S/2C13H20ClN3O2.2C8H12ClN3.C2H6/c1-13(2,3)19-12(18)16-8-5-4-6-11-15-9-7-10(14)17-11;1-13(2,3)19-12(18)16-8-5-4-6-10-7-9-15-11(14)17-10;9-7-4-6-11-8(12-7)3-1-2-5-10;9-8-11-6-4-7(12-8)3-1-2-5-10;1-2/h2*7,9H,4-6,8H2,1-3H3,(H,16,18);2*4,6H,1-3,5,10H2;1-2H3/i;;;;1D. The number of nitrogens with one attached hydrogen (secondary N) is 2. The Balaban J connectivity index is 0.000000839. The third kappa shape index (κ3) is 36.3. The molecule has 64 heavy (non-hydrogen) atoms. The topological polar surface area (TPSA) is 232 Å². The molecule has 358 valence electrons. The summed E-state index contributed by atoms with van der Waals surface area (Å²) in [4.78, 5) is 54.8. The molecule has 0 atom stereocenters. The second kappa shape index (κ2) is 36.2. The van der Waals surface area contributed by atoms with Crippen LogP contribution in [0, 0.1) is 0 Å². The number of carbonyl (C=O) groups excluding carboxylic acids is 2. The summed E-state index contributed by atoms with van der Waals surface area (Å²) in [5.41, 5.74) is 11.7. The number of nitrogens with two attached hydrogens (primary N) is 2. The lowest BCUT2D eigenvalue weighted by Crippen LogP contribution is -2.33. The number of carbonyl (C=O) groups is 2. The summed E-state index contributed by atoms with van der Waals surface area (Å²) in [5, 5.41) is 6.98. The number of hydrogen-bond donors (Lipinski definition) is 4. The van der Waals surface area contributed by atoms with E-state index in [9.17, 15) is 9.59 Å². The molecule has 4 aromatic heterocycles. The van der Waals surface area contributed by atoms with Gasteiger partial charge in [0.2, 0.25) is 10.6 Å². The first kappa shape index (κ1) is 58.0. The maximum atomic E-state index is 11.4. The highest BCUT2D eigenvalue weighted by Crippen LogP contribution is 2.10. The van der Waals surface area contributed by atoms with Crippen molar-refractivity contribution in [3.63, 3.8) is 0 Å². The number of ether oxygens (including phenoxy) is 2. The molecule has 4 aromatic rings. The zero-order valence-electron chi connectivity index (χ0n) is 39.5. The number of amides is 2. The van der Waals surface area contributed by atoms with E-state index in [1.54, 1.807) is 43.8 Å². The van der Waals surface area contributed by atoms with Crippen molar-refractivity contribution in [1.82, 2.24) is 50.5 Å². The van der Waals surface area contributed by atoms with Gasteiger partial charge < -0.3 is 31.6 Å². The quantitative estimate of drug-likeness (QED) is 0.0413. The Labute approximate surface area is 402 Å². The zero-order valence-corrected chi connectivity index (χ0v) is 41.5. The van der Waals surface area contributed by atoms with Gasteiger partial charge in [0.05, 0.1) is 0 Å². The molecule has 0 radical (unpaired) electrons. The van der Waals surface area contributed by atoms with Crippen molar-refractivity contribution < 1.29 is 20.4 Å². The number of halogens is 4. The molecular weight excluding hydrogens is 902 g/mol. The first-order chi connectivity index (χ1) is 30.8. The molecule has 2 amide bonds. The molecule has 4 heterocycles. The third-order valence-corrected chi connectivity index (χ3v) is 8.26. The van der Waals surface area contributed by atoms with E-state index in [4.69, 9.17) is 68.7 Å². The SMILES string of the molecule is CC(C)(C)OC(=O)NCCCCc1ccnc(Cl)n1.CC(C)(C)OC(=O)NCCCCc1nccc(Cl)n1.NCCCCc1ccnc(Cl)n1.NCCCCc1nccc(Cl)n1.[2H]CC.